The lowest BCUT2D eigenvalue weighted by molar-refractivity contribution is 0.0422. The number of hydrogen-bond acceptors (Lipinski definition) is 5. The molecule has 6 nitrogen and oxygen atoms in total. The third kappa shape index (κ3) is 3.78. The standard InChI is InChI=1S/C13H16FNO5S/c1-8-4-11(14)10(5-12(8)21(15,17)18)13(16)20-7-9-2-3-19-6-9/h4-5,9H,2-3,6-7H2,1H3,(H2,15,17,18). The van der Waals surface area contributed by atoms with E-state index in [0.717, 1.165) is 18.6 Å². The van der Waals surface area contributed by atoms with Crippen molar-refractivity contribution < 1.29 is 27.1 Å². The Bertz CT molecular complexity index is 653. The van der Waals surface area contributed by atoms with Gasteiger partial charge in [-0.05, 0) is 31.0 Å². The molecule has 0 spiro atoms. The molecule has 21 heavy (non-hydrogen) atoms. The lowest BCUT2D eigenvalue weighted by Crippen LogP contribution is -2.18. The van der Waals surface area contributed by atoms with Gasteiger partial charge in [0.25, 0.3) is 0 Å². The molecule has 0 bridgehead atoms. The van der Waals surface area contributed by atoms with E-state index in [1.54, 1.807) is 0 Å². The fourth-order valence-corrected chi connectivity index (χ4v) is 2.89. The Kier molecular flexibility index (Phi) is 4.60. The van der Waals surface area contributed by atoms with Gasteiger partial charge in [0.05, 0.1) is 23.7 Å². The summed E-state index contributed by atoms with van der Waals surface area (Å²) in [6, 6.07) is 1.86. The van der Waals surface area contributed by atoms with Crippen molar-refractivity contribution in [2.45, 2.75) is 18.2 Å². The molecule has 1 heterocycles. The molecular weight excluding hydrogens is 301 g/mol. The van der Waals surface area contributed by atoms with Gasteiger partial charge < -0.3 is 9.47 Å². The maximum atomic E-state index is 13.8. The highest BCUT2D eigenvalue weighted by Gasteiger charge is 2.23. The van der Waals surface area contributed by atoms with Gasteiger partial charge in [0.15, 0.2) is 0 Å². The van der Waals surface area contributed by atoms with Gasteiger partial charge in [0.1, 0.15) is 5.82 Å². The molecule has 1 aliphatic rings. The van der Waals surface area contributed by atoms with E-state index < -0.39 is 27.4 Å². The number of sulfonamides is 1. The Balaban J connectivity index is 2.20. The van der Waals surface area contributed by atoms with Gasteiger partial charge in [-0.1, -0.05) is 0 Å². The van der Waals surface area contributed by atoms with Gasteiger partial charge in [-0.2, -0.15) is 0 Å². The normalized spacial score (nSPS) is 18.7. The van der Waals surface area contributed by atoms with Crippen LogP contribution in [0, 0.1) is 18.7 Å². The van der Waals surface area contributed by atoms with E-state index in [2.05, 4.69) is 0 Å². The van der Waals surface area contributed by atoms with Crippen LogP contribution in [-0.2, 0) is 19.5 Å². The zero-order chi connectivity index (χ0) is 15.6. The number of rotatable bonds is 4. The molecule has 1 fully saturated rings. The van der Waals surface area contributed by atoms with Gasteiger partial charge in [-0.3, -0.25) is 0 Å². The highest BCUT2D eigenvalue weighted by molar-refractivity contribution is 7.89. The van der Waals surface area contributed by atoms with E-state index in [4.69, 9.17) is 14.6 Å². The molecule has 0 aromatic heterocycles. The number of benzene rings is 1. The summed E-state index contributed by atoms with van der Waals surface area (Å²) in [6.07, 6.45) is 0.770. The van der Waals surface area contributed by atoms with Crippen molar-refractivity contribution in [1.82, 2.24) is 0 Å². The van der Waals surface area contributed by atoms with Crippen molar-refractivity contribution in [2.75, 3.05) is 19.8 Å². The largest absolute Gasteiger partial charge is 0.462 e. The molecular formula is C13H16FNO5S. The molecule has 1 unspecified atom stereocenters. The number of ether oxygens (including phenoxy) is 2. The van der Waals surface area contributed by atoms with Crippen molar-refractivity contribution in [3.63, 3.8) is 0 Å². The minimum atomic E-state index is -4.03. The number of nitrogens with two attached hydrogens (primary N) is 1. The van der Waals surface area contributed by atoms with Crippen molar-refractivity contribution in [3.8, 4) is 0 Å². The first-order chi connectivity index (χ1) is 9.79. The highest BCUT2D eigenvalue weighted by atomic mass is 32.2. The maximum Gasteiger partial charge on any atom is 0.341 e. The second-order valence-corrected chi connectivity index (χ2v) is 6.50. The minimum Gasteiger partial charge on any atom is -0.462 e. The summed E-state index contributed by atoms with van der Waals surface area (Å²) in [6.45, 7) is 2.60. The van der Waals surface area contributed by atoms with E-state index >= 15 is 0 Å². The predicted molar refractivity (Wildman–Crippen MR) is 71.7 cm³/mol. The quantitative estimate of drug-likeness (QED) is 0.835. The Hall–Kier alpha value is -1.51. The number of esters is 1. The smallest absolute Gasteiger partial charge is 0.341 e. The van der Waals surface area contributed by atoms with Gasteiger partial charge in [0.2, 0.25) is 10.0 Å². The number of halogens is 1. The van der Waals surface area contributed by atoms with Gasteiger partial charge in [-0.25, -0.2) is 22.7 Å². The van der Waals surface area contributed by atoms with Crippen LogP contribution in [0.2, 0.25) is 0 Å². The van der Waals surface area contributed by atoms with Gasteiger partial charge in [-0.15, -0.1) is 0 Å². The van der Waals surface area contributed by atoms with Gasteiger partial charge in [0, 0.05) is 12.5 Å². The average Bonchev–Trinajstić information content (AvgIpc) is 2.87. The molecule has 1 atom stereocenters. The number of carbonyl (C=O) groups excluding carboxylic acids is 1. The lowest BCUT2D eigenvalue weighted by Gasteiger charge is -2.11. The molecule has 2 rings (SSSR count). The van der Waals surface area contributed by atoms with Crippen molar-refractivity contribution in [3.05, 3.63) is 29.1 Å². The SMILES string of the molecule is Cc1cc(F)c(C(=O)OCC2CCOC2)cc1S(N)(=O)=O. The molecule has 116 valence electrons. The van der Waals surface area contributed by atoms with Crippen molar-refractivity contribution >= 4 is 16.0 Å². The molecule has 1 aromatic carbocycles. The average molecular weight is 317 g/mol. The molecule has 1 aromatic rings. The summed E-state index contributed by atoms with van der Waals surface area (Å²) in [5.74, 6) is -1.67. The second-order valence-electron chi connectivity index (χ2n) is 4.97. The number of carbonyl (C=O) groups is 1. The monoisotopic (exact) mass is 317 g/mol. The second kappa shape index (κ2) is 6.08. The van der Waals surface area contributed by atoms with E-state index in [-0.39, 0.29) is 23.0 Å². The summed E-state index contributed by atoms with van der Waals surface area (Å²) < 4.78 is 46.7. The molecule has 8 heteroatoms. The number of primary sulfonamides is 1. The Morgan fingerprint density at radius 3 is 2.81 bits per heavy atom. The lowest BCUT2D eigenvalue weighted by atomic mass is 10.1. The zero-order valence-electron chi connectivity index (χ0n) is 11.5. The van der Waals surface area contributed by atoms with Crippen LogP contribution in [0.5, 0.6) is 0 Å². The molecule has 0 aliphatic carbocycles. The van der Waals surface area contributed by atoms with Crippen LogP contribution in [0.1, 0.15) is 22.3 Å². The zero-order valence-corrected chi connectivity index (χ0v) is 12.3. The molecule has 0 amide bonds. The number of hydrogen-bond donors (Lipinski definition) is 1. The van der Waals surface area contributed by atoms with Crippen LogP contribution in [0.15, 0.2) is 17.0 Å². The van der Waals surface area contributed by atoms with E-state index in [9.17, 15) is 17.6 Å². The number of aryl methyl sites for hydroxylation is 1. The van der Waals surface area contributed by atoms with Crippen LogP contribution in [0.25, 0.3) is 0 Å². The summed E-state index contributed by atoms with van der Waals surface area (Å²) in [5.41, 5.74) is -0.306. The van der Waals surface area contributed by atoms with Crippen molar-refractivity contribution in [1.29, 1.82) is 0 Å². The highest BCUT2D eigenvalue weighted by Crippen LogP contribution is 2.20. The maximum absolute atomic E-state index is 13.8. The minimum absolute atomic E-state index is 0.0835. The van der Waals surface area contributed by atoms with E-state index in [0.29, 0.717) is 13.2 Å². The summed E-state index contributed by atoms with van der Waals surface area (Å²) in [5, 5.41) is 5.03. The molecule has 1 saturated heterocycles. The first kappa shape index (κ1) is 15.9. The Labute approximate surface area is 122 Å². The third-order valence-electron chi connectivity index (χ3n) is 3.27. The summed E-state index contributed by atoms with van der Waals surface area (Å²) in [4.78, 5) is 11.6. The van der Waals surface area contributed by atoms with E-state index in [1.807, 2.05) is 0 Å². The summed E-state index contributed by atoms with van der Waals surface area (Å²) in [7, 11) is -4.03. The van der Waals surface area contributed by atoms with Crippen LogP contribution >= 0.6 is 0 Å². The molecule has 0 radical (unpaired) electrons. The van der Waals surface area contributed by atoms with Crippen LogP contribution in [0.4, 0.5) is 4.39 Å². The molecule has 2 N–H and O–H groups in total. The van der Waals surface area contributed by atoms with Crippen LogP contribution in [0.3, 0.4) is 0 Å². The van der Waals surface area contributed by atoms with Crippen molar-refractivity contribution in [2.24, 2.45) is 11.1 Å². The molecule has 0 saturated carbocycles. The first-order valence-corrected chi connectivity index (χ1v) is 7.91. The summed E-state index contributed by atoms with van der Waals surface area (Å²) >= 11 is 0. The Morgan fingerprint density at radius 1 is 1.52 bits per heavy atom. The van der Waals surface area contributed by atoms with Crippen LogP contribution < -0.4 is 5.14 Å². The van der Waals surface area contributed by atoms with Crippen LogP contribution in [-0.4, -0.2) is 34.2 Å². The Morgan fingerprint density at radius 2 is 2.24 bits per heavy atom. The third-order valence-corrected chi connectivity index (χ3v) is 4.32. The topological polar surface area (TPSA) is 95.7 Å². The van der Waals surface area contributed by atoms with E-state index in [1.165, 1.54) is 6.92 Å². The molecule has 1 aliphatic heterocycles. The first-order valence-electron chi connectivity index (χ1n) is 6.37. The fourth-order valence-electron chi connectivity index (χ4n) is 2.10. The predicted octanol–water partition coefficient (Wildman–Crippen LogP) is 0.975. The fraction of sp³-hybridized carbons (Fsp3) is 0.462. The van der Waals surface area contributed by atoms with Gasteiger partial charge >= 0.3 is 5.97 Å².